The zero-order chi connectivity index (χ0) is 17.8. The number of carbonyl (C=O) groups is 1. The average Bonchev–Trinajstić information content (AvgIpc) is 3.04. The van der Waals surface area contributed by atoms with Crippen LogP contribution < -0.4 is 15.8 Å². The van der Waals surface area contributed by atoms with Gasteiger partial charge in [0.05, 0.1) is 11.0 Å². The Kier molecular flexibility index (Phi) is 7.83. The zero-order valence-corrected chi connectivity index (χ0v) is 16.1. The van der Waals surface area contributed by atoms with Gasteiger partial charge in [-0.25, -0.2) is 13.1 Å². The van der Waals surface area contributed by atoms with Gasteiger partial charge in [-0.1, -0.05) is 0 Å². The van der Waals surface area contributed by atoms with Gasteiger partial charge in [0.2, 0.25) is 10.0 Å². The highest BCUT2D eigenvalue weighted by molar-refractivity contribution is 7.89. The average molecular weight is 392 g/mol. The molecule has 2 rings (SSSR count). The van der Waals surface area contributed by atoms with E-state index in [-0.39, 0.29) is 35.9 Å². The third-order valence-corrected chi connectivity index (χ3v) is 5.10. The number of amides is 1. The molecular weight excluding hydrogens is 366 g/mol. The standard InChI is InChI=1S/C16H25N3O4S.ClH/c1-16(2,17)11-18-15(20)12-5-7-14(8-6-12)24(21,22)19-10-13-4-3-9-23-13;/h5-8,13,19H,3-4,9-11,17H2,1-2H3,(H,18,20);1H. The lowest BCUT2D eigenvalue weighted by molar-refractivity contribution is 0.0946. The second-order valence-corrected chi connectivity index (χ2v) is 8.45. The quantitative estimate of drug-likeness (QED) is 0.643. The molecule has 1 unspecified atom stereocenters. The van der Waals surface area contributed by atoms with Crippen molar-refractivity contribution in [1.29, 1.82) is 0 Å². The van der Waals surface area contributed by atoms with Gasteiger partial charge in [0.1, 0.15) is 0 Å². The maximum absolute atomic E-state index is 12.2. The fraction of sp³-hybridized carbons (Fsp3) is 0.562. The Balaban J connectivity index is 0.00000312. The van der Waals surface area contributed by atoms with E-state index in [0.29, 0.717) is 18.7 Å². The van der Waals surface area contributed by atoms with Crippen LogP contribution in [0.3, 0.4) is 0 Å². The topological polar surface area (TPSA) is 111 Å². The maximum atomic E-state index is 12.2. The second kappa shape index (κ2) is 8.95. The van der Waals surface area contributed by atoms with Crippen LogP contribution in [0.5, 0.6) is 0 Å². The van der Waals surface area contributed by atoms with Gasteiger partial charge < -0.3 is 15.8 Å². The van der Waals surface area contributed by atoms with Crippen LogP contribution in [0.2, 0.25) is 0 Å². The van der Waals surface area contributed by atoms with Crippen molar-refractivity contribution in [3.05, 3.63) is 29.8 Å². The van der Waals surface area contributed by atoms with E-state index < -0.39 is 15.6 Å². The number of halogens is 1. The number of carbonyl (C=O) groups excluding carboxylic acids is 1. The van der Waals surface area contributed by atoms with Crippen molar-refractivity contribution in [2.75, 3.05) is 19.7 Å². The van der Waals surface area contributed by atoms with Crippen LogP contribution in [0.4, 0.5) is 0 Å². The number of hydrogen-bond acceptors (Lipinski definition) is 5. The summed E-state index contributed by atoms with van der Waals surface area (Å²) in [5.41, 5.74) is 5.69. The van der Waals surface area contributed by atoms with Crippen molar-refractivity contribution in [2.24, 2.45) is 5.73 Å². The molecule has 0 aromatic heterocycles. The summed E-state index contributed by atoms with van der Waals surface area (Å²) in [6, 6.07) is 5.81. The summed E-state index contributed by atoms with van der Waals surface area (Å²) < 4.78 is 32.4. The monoisotopic (exact) mass is 391 g/mol. The van der Waals surface area contributed by atoms with E-state index in [4.69, 9.17) is 10.5 Å². The summed E-state index contributed by atoms with van der Waals surface area (Å²) in [5.74, 6) is -0.287. The Hall–Kier alpha value is -1.19. The fourth-order valence-electron chi connectivity index (χ4n) is 2.29. The van der Waals surface area contributed by atoms with Crippen LogP contribution in [0.25, 0.3) is 0 Å². The summed E-state index contributed by atoms with van der Waals surface area (Å²) in [5, 5.41) is 2.71. The van der Waals surface area contributed by atoms with Crippen molar-refractivity contribution in [1.82, 2.24) is 10.0 Å². The molecule has 1 aliphatic rings. The first-order chi connectivity index (χ1) is 11.2. The van der Waals surface area contributed by atoms with Gasteiger partial charge in [0.15, 0.2) is 0 Å². The van der Waals surface area contributed by atoms with Crippen molar-refractivity contribution in [3.63, 3.8) is 0 Å². The number of nitrogens with one attached hydrogen (secondary N) is 2. The van der Waals surface area contributed by atoms with Crippen molar-refractivity contribution in [3.8, 4) is 0 Å². The molecule has 0 bridgehead atoms. The zero-order valence-electron chi connectivity index (χ0n) is 14.4. The minimum absolute atomic E-state index is 0. The van der Waals surface area contributed by atoms with E-state index >= 15 is 0 Å². The SMILES string of the molecule is CC(C)(N)CNC(=O)c1ccc(S(=O)(=O)NCC2CCCO2)cc1.Cl. The number of ether oxygens (including phenoxy) is 1. The molecule has 1 amide bonds. The molecule has 1 fully saturated rings. The van der Waals surface area contributed by atoms with Gasteiger partial charge >= 0.3 is 0 Å². The highest BCUT2D eigenvalue weighted by Crippen LogP contribution is 2.14. The molecule has 25 heavy (non-hydrogen) atoms. The van der Waals surface area contributed by atoms with Crippen molar-refractivity contribution in [2.45, 2.75) is 43.2 Å². The molecule has 0 radical (unpaired) electrons. The molecule has 1 atom stereocenters. The lowest BCUT2D eigenvalue weighted by atomic mass is 10.1. The summed E-state index contributed by atoms with van der Waals surface area (Å²) in [6.45, 7) is 4.88. The van der Waals surface area contributed by atoms with E-state index in [2.05, 4.69) is 10.0 Å². The van der Waals surface area contributed by atoms with Crippen LogP contribution in [-0.4, -0.2) is 45.7 Å². The van der Waals surface area contributed by atoms with Crippen LogP contribution >= 0.6 is 12.4 Å². The molecule has 1 aromatic rings. The minimum Gasteiger partial charge on any atom is -0.377 e. The van der Waals surface area contributed by atoms with Gasteiger partial charge in [-0.2, -0.15) is 0 Å². The largest absolute Gasteiger partial charge is 0.377 e. The van der Waals surface area contributed by atoms with Gasteiger partial charge in [-0.05, 0) is 51.0 Å². The maximum Gasteiger partial charge on any atom is 0.251 e. The number of nitrogens with two attached hydrogens (primary N) is 1. The first-order valence-corrected chi connectivity index (χ1v) is 9.44. The first-order valence-electron chi connectivity index (χ1n) is 7.96. The van der Waals surface area contributed by atoms with E-state index in [1.165, 1.54) is 24.3 Å². The number of hydrogen-bond donors (Lipinski definition) is 3. The minimum atomic E-state index is -3.61. The Morgan fingerprint density at radius 3 is 2.48 bits per heavy atom. The molecule has 142 valence electrons. The first kappa shape index (κ1) is 21.9. The number of sulfonamides is 1. The van der Waals surface area contributed by atoms with Gasteiger partial charge in [-0.15, -0.1) is 12.4 Å². The summed E-state index contributed by atoms with van der Waals surface area (Å²) in [4.78, 5) is 12.1. The lowest BCUT2D eigenvalue weighted by Crippen LogP contribution is -2.45. The molecule has 7 nitrogen and oxygen atoms in total. The van der Waals surface area contributed by atoms with Crippen LogP contribution in [-0.2, 0) is 14.8 Å². The van der Waals surface area contributed by atoms with Gasteiger partial charge in [0, 0.05) is 30.8 Å². The van der Waals surface area contributed by atoms with E-state index in [1.807, 2.05) is 13.8 Å². The number of benzene rings is 1. The highest BCUT2D eigenvalue weighted by Gasteiger charge is 2.20. The summed E-state index contributed by atoms with van der Waals surface area (Å²) in [6.07, 6.45) is 1.75. The Bertz CT molecular complexity index is 666. The number of rotatable bonds is 7. The highest BCUT2D eigenvalue weighted by atomic mass is 35.5. The molecule has 4 N–H and O–H groups in total. The normalized spacial score (nSPS) is 17.8. The molecular formula is C16H26ClN3O4S. The molecule has 1 aliphatic heterocycles. The molecule has 0 spiro atoms. The molecule has 1 aromatic carbocycles. The molecule has 1 heterocycles. The van der Waals surface area contributed by atoms with Crippen LogP contribution in [0, 0.1) is 0 Å². The van der Waals surface area contributed by atoms with E-state index in [1.54, 1.807) is 0 Å². The molecule has 0 aliphatic carbocycles. The van der Waals surface area contributed by atoms with Gasteiger partial charge in [0.25, 0.3) is 5.91 Å². The predicted molar refractivity (Wildman–Crippen MR) is 98.5 cm³/mol. The fourth-order valence-corrected chi connectivity index (χ4v) is 3.35. The smallest absolute Gasteiger partial charge is 0.251 e. The molecule has 9 heteroatoms. The molecule has 0 saturated carbocycles. The Labute approximate surface area is 155 Å². The Morgan fingerprint density at radius 1 is 1.32 bits per heavy atom. The second-order valence-electron chi connectivity index (χ2n) is 6.68. The summed E-state index contributed by atoms with van der Waals surface area (Å²) >= 11 is 0. The van der Waals surface area contributed by atoms with Crippen molar-refractivity contribution < 1.29 is 17.9 Å². The van der Waals surface area contributed by atoms with Crippen LogP contribution in [0.15, 0.2) is 29.2 Å². The van der Waals surface area contributed by atoms with Crippen molar-refractivity contribution >= 4 is 28.3 Å². The lowest BCUT2D eigenvalue weighted by Gasteiger charge is -2.18. The van der Waals surface area contributed by atoms with Crippen LogP contribution in [0.1, 0.15) is 37.0 Å². The Morgan fingerprint density at radius 2 is 1.96 bits per heavy atom. The third kappa shape index (κ3) is 6.91. The van der Waals surface area contributed by atoms with E-state index in [9.17, 15) is 13.2 Å². The summed E-state index contributed by atoms with van der Waals surface area (Å²) in [7, 11) is -3.61. The third-order valence-electron chi connectivity index (χ3n) is 3.66. The van der Waals surface area contributed by atoms with E-state index in [0.717, 1.165) is 12.8 Å². The molecule has 1 saturated heterocycles. The predicted octanol–water partition coefficient (Wildman–Crippen LogP) is 1.03. The van der Waals surface area contributed by atoms with Gasteiger partial charge in [-0.3, -0.25) is 4.79 Å².